The van der Waals surface area contributed by atoms with Crippen LogP contribution in [-0.4, -0.2) is 33.1 Å². The van der Waals surface area contributed by atoms with Crippen LogP contribution in [0.5, 0.6) is 0 Å². The topological polar surface area (TPSA) is 121 Å². The molecule has 0 saturated carbocycles. The number of carbonyl (C=O) groups excluding carboxylic acids is 2. The molecule has 0 aliphatic carbocycles. The summed E-state index contributed by atoms with van der Waals surface area (Å²) in [7, 11) is 0. The number of carbonyl (C=O) groups is 3. The molecule has 3 aromatic carbocycles. The van der Waals surface area contributed by atoms with E-state index < -0.39 is 33.3 Å². The third-order valence-corrected chi connectivity index (χ3v) is 8.99. The van der Waals surface area contributed by atoms with Gasteiger partial charge >= 0.3 is 5.97 Å². The fourth-order valence-corrected chi connectivity index (χ4v) is 6.05. The smallest absolute Gasteiger partial charge is 0.338 e. The maximum absolute atomic E-state index is 13.2. The Hall–Kier alpha value is -2.86. The van der Waals surface area contributed by atoms with Crippen LogP contribution < -0.4 is 10.6 Å². The quantitative estimate of drug-likeness (QED) is 0.102. The second-order valence-electron chi connectivity index (χ2n) is 7.81. The molecule has 8 nitrogen and oxygen atoms in total. The lowest BCUT2D eigenvalue weighted by Gasteiger charge is -2.17. The van der Waals surface area contributed by atoms with Gasteiger partial charge in [0.05, 0.1) is 31.2 Å². The number of rotatable bonds is 8. The van der Waals surface area contributed by atoms with E-state index in [0.29, 0.717) is 10.8 Å². The van der Waals surface area contributed by atoms with Crippen LogP contribution in [0, 0.1) is 6.92 Å². The van der Waals surface area contributed by atoms with Crippen LogP contribution in [0.4, 0.5) is 10.8 Å². The lowest BCUT2D eigenvalue weighted by molar-refractivity contribution is -0.115. The number of carboxylic acid groups (broad SMARTS) is 1. The molecular formula is C25H16Cl4N4O4S2. The summed E-state index contributed by atoms with van der Waals surface area (Å²) in [5.41, 5.74) is 0.132. The molecule has 4 rings (SSSR count). The number of amides is 2. The number of anilines is 2. The number of halogens is 4. The molecule has 3 N–H and O–H groups in total. The summed E-state index contributed by atoms with van der Waals surface area (Å²) in [6, 6.07) is 15.9. The van der Waals surface area contributed by atoms with E-state index in [0.717, 1.165) is 15.5 Å². The lowest BCUT2D eigenvalue weighted by Crippen LogP contribution is -2.19. The molecule has 0 fully saturated rings. The van der Waals surface area contributed by atoms with Crippen molar-refractivity contribution in [2.45, 2.75) is 17.1 Å². The van der Waals surface area contributed by atoms with Gasteiger partial charge in [-0.3, -0.25) is 14.9 Å². The summed E-state index contributed by atoms with van der Waals surface area (Å²) < 4.78 is 0. The first-order valence-corrected chi connectivity index (χ1v) is 14.1. The van der Waals surface area contributed by atoms with Gasteiger partial charge in [-0.1, -0.05) is 88.1 Å². The predicted molar refractivity (Wildman–Crippen MR) is 156 cm³/mol. The maximum atomic E-state index is 13.2. The van der Waals surface area contributed by atoms with Crippen LogP contribution >= 0.6 is 69.5 Å². The second kappa shape index (κ2) is 12.5. The Bertz CT molecular complexity index is 1570. The molecule has 39 heavy (non-hydrogen) atoms. The summed E-state index contributed by atoms with van der Waals surface area (Å²) in [6.07, 6.45) is 0. The number of nitrogens with zero attached hydrogens (tertiary/aromatic N) is 2. The Morgan fingerprint density at radius 3 is 2.03 bits per heavy atom. The molecule has 0 spiro atoms. The zero-order chi connectivity index (χ0) is 28.3. The van der Waals surface area contributed by atoms with Crippen molar-refractivity contribution < 1.29 is 19.5 Å². The first kappa shape index (κ1) is 29.1. The Balaban J connectivity index is 1.55. The highest BCUT2D eigenvalue weighted by molar-refractivity contribution is 8.00. The molecular weight excluding hydrogens is 626 g/mol. The second-order valence-corrected chi connectivity index (χ2v) is 11.7. The average Bonchev–Trinajstić information content (AvgIpc) is 3.33. The van der Waals surface area contributed by atoms with E-state index in [1.165, 1.54) is 23.1 Å². The number of nitrogens with one attached hydrogen (secondary N) is 2. The number of benzene rings is 3. The number of aryl methyl sites for hydroxylation is 1. The van der Waals surface area contributed by atoms with Gasteiger partial charge in [0.2, 0.25) is 11.0 Å². The Morgan fingerprint density at radius 2 is 1.46 bits per heavy atom. The van der Waals surface area contributed by atoms with Crippen molar-refractivity contribution in [3.8, 4) is 0 Å². The molecule has 0 aliphatic rings. The van der Waals surface area contributed by atoms with Crippen molar-refractivity contribution in [1.29, 1.82) is 0 Å². The molecule has 200 valence electrons. The first-order valence-electron chi connectivity index (χ1n) is 10.9. The van der Waals surface area contributed by atoms with Gasteiger partial charge in [0.1, 0.15) is 10.3 Å². The van der Waals surface area contributed by atoms with Crippen molar-refractivity contribution in [2.75, 3.05) is 10.6 Å². The first-order chi connectivity index (χ1) is 18.6. The van der Waals surface area contributed by atoms with E-state index in [4.69, 9.17) is 46.4 Å². The van der Waals surface area contributed by atoms with E-state index in [1.54, 1.807) is 31.2 Å². The van der Waals surface area contributed by atoms with Crippen molar-refractivity contribution in [1.82, 2.24) is 10.2 Å². The van der Waals surface area contributed by atoms with Gasteiger partial charge < -0.3 is 10.4 Å². The van der Waals surface area contributed by atoms with Crippen molar-refractivity contribution >= 4 is 98.1 Å². The van der Waals surface area contributed by atoms with E-state index >= 15 is 0 Å². The molecule has 1 atom stereocenters. The minimum atomic E-state index is -1.49. The zero-order valence-corrected chi connectivity index (χ0v) is 24.3. The predicted octanol–water partition coefficient (Wildman–Crippen LogP) is 7.88. The average molecular weight is 642 g/mol. The number of aromatic nitrogens is 2. The van der Waals surface area contributed by atoms with Crippen LogP contribution in [0.3, 0.4) is 0 Å². The monoisotopic (exact) mass is 640 g/mol. The van der Waals surface area contributed by atoms with Gasteiger partial charge in [-0.25, -0.2) is 4.79 Å². The maximum Gasteiger partial charge on any atom is 0.338 e. The third kappa shape index (κ3) is 6.66. The molecule has 14 heteroatoms. The minimum absolute atomic E-state index is 0.237. The van der Waals surface area contributed by atoms with E-state index in [-0.39, 0.29) is 21.0 Å². The molecule has 0 saturated heterocycles. The van der Waals surface area contributed by atoms with Crippen LogP contribution in [0.25, 0.3) is 0 Å². The SMILES string of the molecule is Cc1nnc(NC(=O)C(Sc2ccc(NC(=O)c3c(Cl)c(Cl)c(Cl)c(Cl)c3C(=O)O)cc2)c2ccccc2)s1. The summed E-state index contributed by atoms with van der Waals surface area (Å²) in [6.45, 7) is 1.80. The molecule has 1 aromatic heterocycles. The normalized spacial score (nSPS) is 11.6. The van der Waals surface area contributed by atoms with E-state index in [1.807, 2.05) is 30.3 Å². The van der Waals surface area contributed by atoms with E-state index in [9.17, 15) is 19.5 Å². The highest BCUT2D eigenvalue weighted by atomic mass is 35.5. The standard InChI is InChI=1S/C25H16Cl4N4O4S2/c1-11-32-33-25(38-11)31-23(35)21(12-5-3-2-4-6-12)39-14-9-7-13(8-10-14)30-22(34)15-16(24(36)37)18(27)20(29)19(28)17(15)26/h2-10,21H,1H3,(H,30,34)(H,36,37)(H,31,33,35). The van der Waals surface area contributed by atoms with E-state index in [2.05, 4.69) is 20.8 Å². The van der Waals surface area contributed by atoms with Crippen LogP contribution in [-0.2, 0) is 4.79 Å². The summed E-state index contributed by atoms with van der Waals surface area (Å²) in [5, 5.41) is 22.2. The van der Waals surface area contributed by atoms with Crippen LogP contribution in [0.2, 0.25) is 20.1 Å². The minimum Gasteiger partial charge on any atom is -0.478 e. The van der Waals surface area contributed by atoms with Crippen LogP contribution in [0.15, 0.2) is 59.5 Å². The summed E-state index contributed by atoms with van der Waals surface area (Å²) in [5.74, 6) is -2.61. The lowest BCUT2D eigenvalue weighted by atomic mass is 10.1. The van der Waals surface area contributed by atoms with Gasteiger partial charge in [0.25, 0.3) is 5.91 Å². The van der Waals surface area contributed by atoms with Crippen LogP contribution in [0.1, 0.15) is 36.5 Å². The molecule has 0 aliphatic heterocycles. The highest BCUT2D eigenvalue weighted by Crippen LogP contribution is 2.42. The summed E-state index contributed by atoms with van der Waals surface area (Å²) >= 11 is 26.8. The molecule has 0 bridgehead atoms. The molecule has 1 heterocycles. The van der Waals surface area contributed by atoms with Crippen molar-refractivity contribution in [2.24, 2.45) is 0 Å². The molecule has 0 radical (unpaired) electrons. The number of thioether (sulfide) groups is 1. The van der Waals surface area contributed by atoms with Crippen molar-refractivity contribution in [3.63, 3.8) is 0 Å². The fourth-order valence-electron chi connectivity index (χ4n) is 3.41. The van der Waals surface area contributed by atoms with Gasteiger partial charge in [0, 0.05) is 10.6 Å². The largest absolute Gasteiger partial charge is 0.478 e. The molecule has 2 amide bonds. The Labute approximate surface area is 250 Å². The highest BCUT2D eigenvalue weighted by Gasteiger charge is 2.29. The Morgan fingerprint density at radius 1 is 0.846 bits per heavy atom. The number of hydrogen-bond donors (Lipinski definition) is 3. The Kier molecular flexibility index (Phi) is 9.37. The van der Waals surface area contributed by atoms with Gasteiger partial charge in [-0.15, -0.1) is 22.0 Å². The van der Waals surface area contributed by atoms with Gasteiger partial charge in [-0.2, -0.15) is 0 Å². The van der Waals surface area contributed by atoms with Gasteiger partial charge in [0.15, 0.2) is 0 Å². The number of hydrogen-bond acceptors (Lipinski definition) is 7. The molecule has 4 aromatic rings. The van der Waals surface area contributed by atoms with Crippen molar-refractivity contribution in [3.05, 3.63) is 96.4 Å². The fraction of sp³-hybridized carbons (Fsp3) is 0.0800. The van der Waals surface area contributed by atoms with Gasteiger partial charge in [-0.05, 0) is 36.8 Å². The third-order valence-electron chi connectivity index (χ3n) is 5.17. The number of aromatic carboxylic acids is 1. The zero-order valence-electron chi connectivity index (χ0n) is 19.7. The number of carboxylic acids is 1. The molecule has 1 unspecified atom stereocenters. The summed E-state index contributed by atoms with van der Waals surface area (Å²) in [4.78, 5) is 38.7.